The van der Waals surface area contributed by atoms with Crippen LogP contribution >= 0.6 is 0 Å². The van der Waals surface area contributed by atoms with Crippen molar-refractivity contribution in [3.8, 4) is 0 Å². The van der Waals surface area contributed by atoms with E-state index in [9.17, 15) is 24.3 Å². The molecule has 0 saturated carbocycles. The zero-order valence-electron chi connectivity index (χ0n) is 15.2. The first-order valence-electron chi connectivity index (χ1n) is 8.64. The summed E-state index contributed by atoms with van der Waals surface area (Å²) in [6.07, 6.45) is 1.19. The molecule has 0 spiro atoms. The van der Waals surface area contributed by atoms with Gasteiger partial charge in [0.15, 0.2) is 0 Å². The summed E-state index contributed by atoms with van der Waals surface area (Å²) in [6.45, 7) is 4.00. The number of carbonyl (C=O) groups excluding carboxylic acids is 2. The van der Waals surface area contributed by atoms with Crippen LogP contribution in [0.3, 0.4) is 0 Å². The first-order valence-corrected chi connectivity index (χ1v) is 8.64. The van der Waals surface area contributed by atoms with E-state index < -0.39 is 48.3 Å². The molecule has 0 aliphatic carbocycles. The minimum absolute atomic E-state index is 0.151. The number of rotatable bonds is 13. The summed E-state index contributed by atoms with van der Waals surface area (Å²) in [6, 6.07) is -3.50. The lowest BCUT2D eigenvalue weighted by Crippen LogP contribution is -2.56. The molecule has 150 valence electrons. The lowest BCUT2D eigenvalue weighted by molar-refractivity contribution is -0.143. The number of carbonyl (C=O) groups is 4. The molecular formula is C16H30N4O6. The lowest BCUT2D eigenvalue weighted by Gasteiger charge is -2.23. The van der Waals surface area contributed by atoms with Crippen LogP contribution in [-0.2, 0) is 19.2 Å². The van der Waals surface area contributed by atoms with Gasteiger partial charge in [-0.25, -0.2) is 4.79 Å². The van der Waals surface area contributed by atoms with Gasteiger partial charge in [0.25, 0.3) is 0 Å². The van der Waals surface area contributed by atoms with E-state index in [2.05, 4.69) is 10.6 Å². The van der Waals surface area contributed by atoms with Gasteiger partial charge < -0.3 is 32.3 Å². The second-order valence-corrected chi connectivity index (χ2v) is 6.25. The minimum atomic E-state index is -1.41. The molecule has 0 aromatic carbocycles. The highest BCUT2D eigenvalue weighted by Crippen LogP contribution is 2.07. The van der Waals surface area contributed by atoms with Gasteiger partial charge in [0.05, 0.1) is 12.5 Å². The van der Waals surface area contributed by atoms with Gasteiger partial charge in [0.2, 0.25) is 11.8 Å². The van der Waals surface area contributed by atoms with Crippen molar-refractivity contribution in [2.24, 2.45) is 17.4 Å². The van der Waals surface area contributed by atoms with Crippen LogP contribution in [0.4, 0.5) is 0 Å². The lowest BCUT2D eigenvalue weighted by atomic mass is 9.99. The average Bonchev–Trinajstić information content (AvgIpc) is 2.58. The van der Waals surface area contributed by atoms with E-state index in [0.29, 0.717) is 25.8 Å². The van der Waals surface area contributed by atoms with Crippen LogP contribution in [0.25, 0.3) is 0 Å². The van der Waals surface area contributed by atoms with Crippen molar-refractivity contribution in [1.29, 1.82) is 0 Å². The molecule has 0 bridgehead atoms. The number of amides is 2. The van der Waals surface area contributed by atoms with Crippen LogP contribution in [-0.4, -0.2) is 58.6 Å². The second-order valence-electron chi connectivity index (χ2n) is 6.25. The monoisotopic (exact) mass is 374 g/mol. The van der Waals surface area contributed by atoms with Gasteiger partial charge in [-0.2, -0.15) is 0 Å². The summed E-state index contributed by atoms with van der Waals surface area (Å²) in [7, 11) is 0. The van der Waals surface area contributed by atoms with Gasteiger partial charge in [0, 0.05) is 0 Å². The van der Waals surface area contributed by atoms with Gasteiger partial charge >= 0.3 is 11.9 Å². The van der Waals surface area contributed by atoms with Crippen molar-refractivity contribution in [2.75, 3.05) is 6.54 Å². The van der Waals surface area contributed by atoms with E-state index in [4.69, 9.17) is 16.6 Å². The van der Waals surface area contributed by atoms with Gasteiger partial charge in [-0.05, 0) is 31.7 Å². The molecule has 0 radical (unpaired) electrons. The first-order chi connectivity index (χ1) is 12.1. The zero-order valence-corrected chi connectivity index (χ0v) is 15.2. The summed E-state index contributed by atoms with van der Waals surface area (Å²) in [5, 5.41) is 22.7. The maximum Gasteiger partial charge on any atom is 0.326 e. The normalized spacial score (nSPS) is 15.4. The minimum Gasteiger partial charge on any atom is -0.481 e. The highest BCUT2D eigenvalue weighted by atomic mass is 16.4. The fourth-order valence-corrected chi connectivity index (χ4v) is 2.19. The number of hydrogen-bond donors (Lipinski definition) is 6. The number of nitrogens with one attached hydrogen (secondary N) is 2. The van der Waals surface area contributed by atoms with Gasteiger partial charge in [0.1, 0.15) is 12.1 Å². The van der Waals surface area contributed by atoms with E-state index in [1.807, 2.05) is 6.92 Å². The number of hydrogen-bond acceptors (Lipinski definition) is 6. The summed E-state index contributed by atoms with van der Waals surface area (Å²) in [5.74, 6) is -4.25. The highest BCUT2D eigenvalue weighted by molar-refractivity contribution is 5.93. The molecule has 10 nitrogen and oxygen atoms in total. The number of nitrogens with two attached hydrogens (primary N) is 2. The fourth-order valence-electron chi connectivity index (χ4n) is 2.19. The van der Waals surface area contributed by atoms with Crippen LogP contribution in [0.5, 0.6) is 0 Å². The quantitative estimate of drug-likeness (QED) is 0.222. The number of carboxylic acid groups (broad SMARTS) is 2. The molecule has 0 aromatic rings. The number of aliphatic carboxylic acids is 2. The molecule has 10 heteroatoms. The zero-order chi connectivity index (χ0) is 20.3. The Morgan fingerprint density at radius 3 is 2.04 bits per heavy atom. The molecule has 26 heavy (non-hydrogen) atoms. The van der Waals surface area contributed by atoms with Crippen LogP contribution in [0, 0.1) is 5.92 Å². The Morgan fingerprint density at radius 1 is 1.00 bits per heavy atom. The van der Waals surface area contributed by atoms with Crippen LogP contribution in [0.1, 0.15) is 46.0 Å². The molecule has 2 amide bonds. The predicted octanol–water partition coefficient (Wildman–Crippen LogP) is -0.982. The maximum absolute atomic E-state index is 12.3. The molecule has 8 N–H and O–H groups in total. The molecule has 0 fully saturated rings. The van der Waals surface area contributed by atoms with Gasteiger partial charge in [-0.1, -0.05) is 20.3 Å². The van der Waals surface area contributed by atoms with Crippen LogP contribution in [0.15, 0.2) is 0 Å². The van der Waals surface area contributed by atoms with Crippen molar-refractivity contribution >= 4 is 23.8 Å². The van der Waals surface area contributed by atoms with Crippen molar-refractivity contribution in [2.45, 2.75) is 64.1 Å². The summed E-state index contributed by atoms with van der Waals surface area (Å²) in [5.41, 5.74) is 11.1. The second kappa shape index (κ2) is 12.2. The third-order valence-electron chi connectivity index (χ3n) is 4.13. The summed E-state index contributed by atoms with van der Waals surface area (Å²) >= 11 is 0. The highest BCUT2D eigenvalue weighted by Gasteiger charge is 2.30. The first kappa shape index (κ1) is 23.8. The van der Waals surface area contributed by atoms with E-state index in [-0.39, 0.29) is 12.3 Å². The van der Waals surface area contributed by atoms with Crippen LogP contribution in [0.2, 0.25) is 0 Å². The molecule has 0 heterocycles. The SMILES string of the molecule is CCC(C)C(N)C(=O)NC(CC(=O)O)C(=O)NC(CCCCN)C(=O)O. The topological polar surface area (TPSA) is 185 Å². The van der Waals surface area contributed by atoms with Gasteiger partial charge in [-0.3, -0.25) is 14.4 Å². The molecular weight excluding hydrogens is 344 g/mol. The van der Waals surface area contributed by atoms with E-state index in [1.54, 1.807) is 6.92 Å². The average molecular weight is 374 g/mol. The predicted molar refractivity (Wildman–Crippen MR) is 94.1 cm³/mol. The standard InChI is InChI=1S/C16H30N4O6/c1-3-9(2)13(18)15(24)20-11(8-12(21)22)14(23)19-10(16(25)26)6-4-5-7-17/h9-11,13H,3-8,17-18H2,1-2H3,(H,19,23)(H,20,24)(H,21,22)(H,25,26). The van der Waals surface area contributed by atoms with Crippen molar-refractivity contribution < 1.29 is 29.4 Å². The Labute approximate surface area is 152 Å². The molecule has 0 saturated heterocycles. The smallest absolute Gasteiger partial charge is 0.326 e. The molecule has 0 rings (SSSR count). The Hall–Kier alpha value is -2.20. The van der Waals surface area contributed by atoms with E-state index >= 15 is 0 Å². The van der Waals surface area contributed by atoms with Crippen LogP contribution < -0.4 is 22.1 Å². The third-order valence-corrected chi connectivity index (χ3v) is 4.13. The molecule has 4 unspecified atom stereocenters. The van der Waals surface area contributed by atoms with Crippen molar-refractivity contribution in [1.82, 2.24) is 10.6 Å². The molecule has 0 aromatic heterocycles. The number of unbranched alkanes of at least 4 members (excludes halogenated alkanes) is 1. The van der Waals surface area contributed by atoms with Gasteiger partial charge in [-0.15, -0.1) is 0 Å². The van der Waals surface area contributed by atoms with Crippen molar-refractivity contribution in [3.63, 3.8) is 0 Å². The summed E-state index contributed by atoms with van der Waals surface area (Å²) in [4.78, 5) is 46.7. The summed E-state index contributed by atoms with van der Waals surface area (Å²) < 4.78 is 0. The van der Waals surface area contributed by atoms with E-state index in [1.165, 1.54) is 0 Å². The Morgan fingerprint density at radius 2 is 1.58 bits per heavy atom. The maximum atomic E-state index is 12.3. The Kier molecular flexibility index (Phi) is 11.2. The van der Waals surface area contributed by atoms with E-state index in [0.717, 1.165) is 0 Å². The molecule has 0 aliphatic heterocycles. The Balaban J connectivity index is 5.03. The third kappa shape index (κ3) is 8.77. The molecule has 4 atom stereocenters. The van der Waals surface area contributed by atoms with Crippen molar-refractivity contribution in [3.05, 3.63) is 0 Å². The fraction of sp³-hybridized carbons (Fsp3) is 0.750. The largest absolute Gasteiger partial charge is 0.481 e. The molecule has 0 aliphatic rings. The number of carboxylic acids is 2. The Bertz CT molecular complexity index is 499.